The van der Waals surface area contributed by atoms with Gasteiger partial charge in [-0.25, -0.2) is 4.39 Å². The van der Waals surface area contributed by atoms with Gasteiger partial charge in [0.25, 0.3) is 0 Å². The predicted molar refractivity (Wildman–Crippen MR) is 54.6 cm³/mol. The fraction of sp³-hybridized carbons (Fsp3) is 0.818. The topological polar surface area (TPSA) is 9.23 Å². The summed E-state index contributed by atoms with van der Waals surface area (Å²) in [5.41, 5.74) is 0. The molecule has 0 aromatic rings. The van der Waals surface area contributed by atoms with E-state index < -0.39 is 0 Å². The van der Waals surface area contributed by atoms with Crippen molar-refractivity contribution in [1.82, 2.24) is 0 Å². The summed E-state index contributed by atoms with van der Waals surface area (Å²) in [5.74, 6) is 0.606. The van der Waals surface area contributed by atoms with Crippen molar-refractivity contribution in [2.75, 3.05) is 13.3 Å². The predicted octanol–water partition coefficient (Wildman–Crippen LogP) is 3.35. The Kier molecular flexibility index (Phi) is 8.00. The molecule has 0 aromatic carbocycles. The first kappa shape index (κ1) is 12.6. The van der Waals surface area contributed by atoms with Crippen LogP contribution < -0.4 is 0 Å². The number of allylic oxidation sites excluding steroid dienone is 1. The second kappa shape index (κ2) is 8.24. The van der Waals surface area contributed by atoms with Gasteiger partial charge < -0.3 is 4.74 Å². The lowest BCUT2D eigenvalue weighted by Crippen LogP contribution is -2.16. The second-order valence-corrected chi connectivity index (χ2v) is 3.62. The van der Waals surface area contributed by atoms with E-state index >= 15 is 0 Å². The molecule has 1 nitrogen and oxygen atoms in total. The van der Waals surface area contributed by atoms with Gasteiger partial charge in [-0.2, -0.15) is 0 Å². The van der Waals surface area contributed by atoms with Crippen LogP contribution in [0.5, 0.6) is 0 Å². The van der Waals surface area contributed by atoms with Crippen LogP contribution in [0.25, 0.3) is 0 Å². The van der Waals surface area contributed by atoms with E-state index in [9.17, 15) is 4.39 Å². The number of hydrogen-bond acceptors (Lipinski definition) is 1. The van der Waals surface area contributed by atoms with Gasteiger partial charge in [0.2, 0.25) is 0 Å². The van der Waals surface area contributed by atoms with Crippen LogP contribution in [0.1, 0.15) is 33.6 Å². The zero-order valence-corrected chi connectivity index (χ0v) is 8.92. The maximum atomic E-state index is 11.9. The molecule has 13 heavy (non-hydrogen) atoms. The monoisotopic (exact) mass is 188 g/mol. The average Bonchev–Trinajstić information content (AvgIpc) is 2.09. The highest BCUT2D eigenvalue weighted by Crippen LogP contribution is 2.12. The number of alkyl halides is 1. The number of rotatable bonds is 7. The molecule has 0 rings (SSSR count). The summed E-state index contributed by atoms with van der Waals surface area (Å²) in [6.07, 6.45) is 6.17. The van der Waals surface area contributed by atoms with Crippen LogP contribution in [-0.4, -0.2) is 19.4 Å². The first-order valence-electron chi connectivity index (χ1n) is 4.99. The standard InChI is InChI=1S/C11H21FO/c1-4-5-6-11(9-10(2)3)13-8-7-12/h4-5,10-11H,6-9H2,1-3H3/b5-4-. The summed E-state index contributed by atoms with van der Waals surface area (Å²) < 4.78 is 17.2. The summed E-state index contributed by atoms with van der Waals surface area (Å²) in [6.45, 7) is 6.14. The van der Waals surface area contributed by atoms with Gasteiger partial charge in [0.05, 0.1) is 12.7 Å². The van der Waals surface area contributed by atoms with Crippen LogP contribution in [0.2, 0.25) is 0 Å². The number of hydrogen-bond donors (Lipinski definition) is 0. The van der Waals surface area contributed by atoms with E-state index in [1.54, 1.807) is 0 Å². The molecule has 0 aliphatic rings. The molecule has 0 radical (unpaired) electrons. The van der Waals surface area contributed by atoms with Crippen LogP contribution >= 0.6 is 0 Å². The third kappa shape index (κ3) is 7.97. The van der Waals surface area contributed by atoms with Gasteiger partial charge >= 0.3 is 0 Å². The molecule has 0 aliphatic heterocycles. The van der Waals surface area contributed by atoms with E-state index in [2.05, 4.69) is 19.9 Å². The lowest BCUT2D eigenvalue weighted by molar-refractivity contribution is 0.0333. The second-order valence-electron chi connectivity index (χ2n) is 3.62. The summed E-state index contributed by atoms with van der Waals surface area (Å²) in [6, 6.07) is 0. The van der Waals surface area contributed by atoms with Crippen molar-refractivity contribution in [3.8, 4) is 0 Å². The summed E-state index contributed by atoms with van der Waals surface area (Å²) in [5, 5.41) is 0. The number of halogens is 1. The summed E-state index contributed by atoms with van der Waals surface area (Å²) >= 11 is 0. The minimum atomic E-state index is -0.384. The molecule has 2 heteroatoms. The van der Waals surface area contributed by atoms with Crippen LogP contribution in [0.3, 0.4) is 0 Å². The van der Waals surface area contributed by atoms with Crippen molar-refractivity contribution >= 4 is 0 Å². The highest BCUT2D eigenvalue weighted by molar-refractivity contribution is 4.81. The highest BCUT2D eigenvalue weighted by atomic mass is 19.1. The average molecular weight is 188 g/mol. The summed E-state index contributed by atoms with van der Waals surface area (Å²) in [4.78, 5) is 0. The van der Waals surface area contributed by atoms with Crippen molar-refractivity contribution in [2.24, 2.45) is 5.92 Å². The summed E-state index contributed by atoms with van der Waals surface area (Å²) in [7, 11) is 0. The van der Waals surface area contributed by atoms with Gasteiger partial charge in [-0.15, -0.1) is 0 Å². The molecule has 0 heterocycles. The molecule has 0 N–H and O–H groups in total. The zero-order chi connectivity index (χ0) is 10.1. The van der Waals surface area contributed by atoms with Crippen molar-refractivity contribution in [3.63, 3.8) is 0 Å². The molecule has 1 unspecified atom stereocenters. The third-order valence-corrected chi connectivity index (χ3v) is 1.80. The normalized spacial score (nSPS) is 14.2. The Morgan fingerprint density at radius 3 is 2.54 bits per heavy atom. The van der Waals surface area contributed by atoms with E-state index in [4.69, 9.17) is 4.74 Å². The van der Waals surface area contributed by atoms with Gasteiger partial charge in [0.15, 0.2) is 0 Å². The van der Waals surface area contributed by atoms with Gasteiger partial charge in [0.1, 0.15) is 6.67 Å². The van der Waals surface area contributed by atoms with Crippen LogP contribution in [-0.2, 0) is 4.74 Å². The van der Waals surface area contributed by atoms with Crippen molar-refractivity contribution in [3.05, 3.63) is 12.2 Å². The molecule has 0 amide bonds. The van der Waals surface area contributed by atoms with Crippen LogP contribution in [0.4, 0.5) is 4.39 Å². The zero-order valence-electron chi connectivity index (χ0n) is 8.92. The lowest BCUT2D eigenvalue weighted by atomic mass is 10.0. The quantitative estimate of drug-likeness (QED) is 0.557. The van der Waals surface area contributed by atoms with E-state index in [1.165, 1.54) is 0 Å². The van der Waals surface area contributed by atoms with Crippen molar-refractivity contribution < 1.29 is 9.13 Å². The van der Waals surface area contributed by atoms with Crippen molar-refractivity contribution in [2.45, 2.75) is 39.7 Å². The lowest BCUT2D eigenvalue weighted by Gasteiger charge is -2.17. The Bertz CT molecular complexity index is 132. The van der Waals surface area contributed by atoms with E-state index in [0.717, 1.165) is 12.8 Å². The maximum absolute atomic E-state index is 11.9. The molecular weight excluding hydrogens is 167 g/mol. The molecule has 0 saturated heterocycles. The highest BCUT2D eigenvalue weighted by Gasteiger charge is 2.09. The first-order chi connectivity index (χ1) is 6.20. The minimum absolute atomic E-state index is 0.187. The molecule has 0 saturated carbocycles. The SMILES string of the molecule is C/C=C\CC(CC(C)C)OCCF. The number of ether oxygens (including phenoxy) is 1. The molecular formula is C11H21FO. The molecule has 0 bridgehead atoms. The van der Waals surface area contributed by atoms with Gasteiger partial charge in [-0.05, 0) is 25.7 Å². The van der Waals surface area contributed by atoms with Crippen molar-refractivity contribution in [1.29, 1.82) is 0 Å². The molecule has 0 aromatic heterocycles. The largest absolute Gasteiger partial charge is 0.375 e. The maximum Gasteiger partial charge on any atom is 0.113 e. The first-order valence-corrected chi connectivity index (χ1v) is 4.99. The fourth-order valence-electron chi connectivity index (χ4n) is 1.26. The van der Waals surface area contributed by atoms with E-state index in [1.807, 2.05) is 13.0 Å². The third-order valence-electron chi connectivity index (χ3n) is 1.80. The van der Waals surface area contributed by atoms with E-state index in [0.29, 0.717) is 5.92 Å². The Morgan fingerprint density at radius 2 is 2.08 bits per heavy atom. The van der Waals surface area contributed by atoms with Crippen LogP contribution in [0.15, 0.2) is 12.2 Å². The van der Waals surface area contributed by atoms with Gasteiger partial charge in [-0.3, -0.25) is 0 Å². The fourth-order valence-corrected chi connectivity index (χ4v) is 1.26. The van der Waals surface area contributed by atoms with Crippen LogP contribution in [0, 0.1) is 5.92 Å². The van der Waals surface area contributed by atoms with E-state index in [-0.39, 0.29) is 19.4 Å². The Labute approximate surface area is 81.0 Å². The molecule has 0 spiro atoms. The Balaban J connectivity index is 3.72. The van der Waals surface area contributed by atoms with Gasteiger partial charge in [-0.1, -0.05) is 26.0 Å². The minimum Gasteiger partial charge on any atom is -0.375 e. The molecule has 0 fully saturated rings. The molecule has 1 atom stereocenters. The smallest absolute Gasteiger partial charge is 0.113 e. The van der Waals surface area contributed by atoms with Gasteiger partial charge in [0, 0.05) is 0 Å². The molecule has 0 aliphatic carbocycles. The molecule has 78 valence electrons. The Hall–Kier alpha value is -0.370. The Morgan fingerprint density at radius 1 is 1.38 bits per heavy atom.